The van der Waals surface area contributed by atoms with E-state index in [9.17, 15) is 5.11 Å². The highest BCUT2D eigenvalue weighted by atomic mass is 32.1. The summed E-state index contributed by atoms with van der Waals surface area (Å²) >= 11 is 1.19. The lowest BCUT2D eigenvalue weighted by atomic mass is 10.2. The van der Waals surface area contributed by atoms with E-state index in [1.165, 1.54) is 11.5 Å². The molecular weight excluding hydrogens is 172 g/mol. The summed E-state index contributed by atoms with van der Waals surface area (Å²) in [5.74, 6) is 0.00574. The first-order valence-electron chi connectivity index (χ1n) is 3.44. The van der Waals surface area contributed by atoms with E-state index in [0.29, 0.717) is 0 Å². The second-order valence-electron chi connectivity index (χ2n) is 2.29. The maximum atomic E-state index is 9.24. The summed E-state index contributed by atoms with van der Waals surface area (Å²) < 4.78 is 3.64. The number of hydrogen-bond acceptors (Lipinski definition) is 4. The van der Waals surface area contributed by atoms with Crippen molar-refractivity contribution in [2.45, 2.75) is 0 Å². The molecule has 0 atom stereocenters. The predicted molar refractivity (Wildman–Crippen MR) is 47.0 cm³/mol. The summed E-state index contributed by atoms with van der Waals surface area (Å²) in [4.78, 5) is 0.718. The molecule has 1 N–H and O–H groups in total. The van der Waals surface area contributed by atoms with Crippen LogP contribution in [0, 0.1) is 0 Å². The summed E-state index contributed by atoms with van der Waals surface area (Å²) in [5, 5.41) is 12.8. The van der Waals surface area contributed by atoms with E-state index < -0.39 is 0 Å². The van der Waals surface area contributed by atoms with Gasteiger partial charge in [0.1, 0.15) is 4.88 Å². The molecule has 1 aromatic carbocycles. The molecule has 0 radical (unpaired) electrons. The van der Waals surface area contributed by atoms with Crippen LogP contribution < -0.4 is 0 Å². The second kappa shape index (κ2) is 2.91. The van der Waals surface area contributed by atoms with E-state index in [-0.39, 0.29) is 5.88 Å². The van der Waals surface area contributed by atoms with Crippen molar-refractivity contribution >= 4 is 11.5 Å². The molecule has 60 valence electrons. The molecule has 1 aromatic heterocycles. The van der Waals surface area contributed by atoms with Crippen molar-refractivity contribution in [3.8, 4) is 16.3 Å². The van der Waals surface area contributed by atoms with Gasteiger partial charge in [-0.3, -0.25) is 0 Å². The van der Waals surface area contributed by atoms with Gasteiger partial charge in [0, 0.05) is 0 Å². The van der Waals surface area contributed by atoms with E-state index in [0.717, 1.165) is 10.4 Å². The first kappa shape index (κ1) is 7.24. The van der Waals surface area contributed by atoms with Gasteiger partial charge in [-0.15, -0.1) is 0 Å². The van der Waals surface area contributed by atoms with Crippen molar-refractivity contribution in [2.75, 3.05) is 0 Å². The third kappa shape index (κ3) is 1.16. The monoisotopic (exact) mass is 178 g/mol. The number of rotatable bonds is 1. The smallest absolute Gasteiger partial charge is 0.251 e. The van der Waals surface area contributed by atoms with Gasteiger partial charge in [-0.2, -0.15) is 0 Å². The Kier molecular flexibility index (Phi) is 1.75. The minimum atomic E-state index is 0.00574. The molecule has 4 heteroatoms. The zero-order valence-corrected chi connectivity index (χ0v) is 6.95. The van der Waals surface area contributed by atoms with Crippen LogP contribution in [0.15, 0.2) is 30.3 Å². The Morgan fingerprint density at radius 2 is 1.92 bits per heavy atom. The van der Waals surface area contributed by atoms with Gasteiger partial charge in [-0.25, -0.2) is 0 Å². The van der Waals surface area contributed by atoms with Gasteiger partial charge in [0.2, 0.25) is 0 Å². The molecule has 0 fully saturated rings. The first-order valence-corrected chi connectivity index (χ1v) is 4.22. The molecule has 12 heavy (non-hydrogen) atoms. The third-order valence-electron chi connectivity index (χ3n) is 1.51. The van der Waals surface area contributed by atoms with Gasteiger partial charge >= 0.3 is 0 Å². The van der Waals surface area contributed by atoms with E-state index >= 15 is 0 Å². The van der Waals surface area contributed by atoms with E-state index in [2.05, 4.69) is 9.59 Å². The highest BCUT2D eigenvalue weighted by Gasteiger charge is 2.06. The normalized spacial score (nSPS) is 10.0. The molecule has 0 amide bonds. The zero-order valence-electron chi connectivity index (χ0n) is 6.14. The molecule has 0 aliphatic rings. The van der Waals surface area contributed by atoms with Gasteiger partial charge in [0.25, 0.3) is 5.88 Å². The molecule has 0 spiro atoms. The Labute approximate surface area is 73.5 Å². The molecular formula is C8H6N2OS. The van der Waals surface area contributed by atoms with E-state index in [4.69, 9.17) is 0 Å². The van der Waals surface area contributed by atoms with Crippen molar-refractivity contribution in [3.63, 3.8) is 0 Å². The largest absolute Gasteiger partial charge is 0.491 e. The molecule has 2 rings (SSSR count). The maximum absolute atomic E-state index is 9.24. The SMILES string of the molecule is Oc1nnsc1-c1ccccc1. The lowest BCUT2D eigenvalue weighted by molar-refractivity contribution is 0.454. The molecule has 0 aliphatic carbocycles. The van der Waals surface area contributed by atoms with Crippen LogP contribution in [0.3, 0.4) is 0 Å². The van der Waals surface area contributed by atoms with Crippen LogP contribution in [0.2, 0.25) is 0 Å². The Hall–Kier alpha value is -1.42. The highest BCUT2D eigenvalue weighted by molar-refractivity contribution is 7.09. The standard InChI is InChI=1S/C8H6N2OS/c11-8-7(12-10-9-8)6-4-2-1-3-5-6/h1-5,11H. The molecule has 0 saturated carbocycles. The Morgan fingerprint density at radius 1 is 1.17 bits per heavy atom. The Bertz CT molecular complexity index is 372. The van der Waals surface area contributed by atoms with Crippen molar-refractivity contribution in [3.05, 3.63) is 30.3 Å². The third-order valence-corrected chi connectivity index (χ3v) is 2.27. The van der Waals surface area contributed by atoms with Crippen LogP contribution in [0.1, 0.15) is 0 Å². The van der Waals surface area contributed by atoms with Crippen molar-refractivity contribution in [2.24, 2.45) is 0 Å². The fourth-order valence-electron chi connectivity index (χ4n) is 0.957. The quantitative estimate of drug-likeness (QED) is 0.725. The van der Waals surface area contributed by atoms with Gasteiger partial charge < -0.3 is 5.11 Å². The highest BCUT2D eigenvalue weighted by Crippen LogP contribution is 2.29. The van der Waals surface area contributed by atoms with Crippen LogP contribution in [-0.2, 0) is 0 Å². The number of hydrogen-bond donors (Lipinski definition) is 1. The fourth-order valence-corrected chi connectivity index (χ4v) is 1.52. The summed E-state index contributed by atoms with van der Waals surface area (Å²) in [7, 11) is 0. The first-order chi connectivity index (χ1) is 5.88. The second-order valence-corrected chi connectivity index (χ2v) is 3.05. The van der Waals surface area contributed by atoms with Crippen LogP contribution in [0.25, 0.3) is 10.4 Å². The molecule has 0 unspecified atom stereocenters. The molecule has 0 aliphatic heterocycles. The van der Waals surface area contributed by atoms with Crippen molar-refractivity contribution < 1.29 is 5.11 Å². The molecule has 0 saturated heterocycles. The summed E-state index contributed by atoms with van der Waals surface area (Å²) in [6, 6.07) is 9.57. The summed E-state index contributed by atoms with van der Waals surface area (Å²) in [5.41, 5.74) is 0.949. The zero-order chi connectivity index (χ0) is 8.39. The molecule has 3 nitrogen and oxygen atoms in total. The lowest BCUT2D eigenvalue weighted by Gasteiger charge is -1.93. The van der Waals surface area contributed by atoms with Crippen LogP contribution >= 0.6 is 11.5 Å². The topological polar surface area (TPSA) is 46.0 Å². The molecule has 0 bridgehead atoms. The lowest BCUT2D eigenvalue weighted by Crippen LogP contribution is -1.71. The fraction of sp³-hybridized carbons (Fsp3) is 0. The van der Waals surface area contributed by atoms with Crippen LogP contribution in [0.4, 0.5) is 0 Å². The number of aromatic nitrogens is 2. The molecule has 1 heterocycles. The van der Waals surface area contributed by atoms with Crippen molar-refractivity contribution in [1.29, 1.82) is 0 Å². The number of aromatic hydroxyl groups is 1. The van der Waals surface area contributed by atoms with Gasteiger partial charge in [0.15, 0.2) is 0 Å². The average Bonchev–Trinajstić information content (AvgIpc) is 2.53. The average molecular weight is 178 g/mol. The summed E-state index contributed by atoms with van der Waals surface area (Å²) in [6.45, 7) is 0. The Morgan fingerprint density at radius 3 is 2.50 bits per heavy atom. The molecule has 2 aromatic rings. The van der Waals surface area contributed by atoms with Crippen LogP contribution in [-0.4, -0.2) is 14.7 Å². The van der Waals surface area contributed by atoms with Gasteiger partial charge in [-0.05, 0) is 17.1 Å². The van der Waals surface area contributed by atoms with Crippen molar-refractivity contribution in [1.82, 2.24) is 9.59 Å². The van der Waals surface area contributed by atoms with Crippen LogP contribution in [0.5, 0.6) is 5.88 Å². The van der Waals surface area contributed by atoms with E-state index in [1.54, 1.807) is 0 Å². The predicted octanol–water partition coefficient (Wildman–Crippen LogP) is 1.91. The maximum Gasteiger partial charge on any atom is 0.251 e. The summed E-state index contributed by atoms with van der Waals surface area (Å²) in [6.07, 6.45) is 0. The van der Waals surface area contributed by atoms with Gasteiger partial charge in [-0.1, -0.05) is 39.9 Å². The minimum absolute atomic E-state index is 0.00574. The number of benzene rings is 1. The van der Waals surface area contributed by atoms with Gasteiger partial charge in [0.05, 0.1) is 0 Å². The number of nitrogens with zero attached hydrogens (tertiary/aromatic N) is 2. The van der Waals surface area contributed by atoms with E-state index in [1.807, 2.05) is 30.3 Å². The minimum Gasteiger partial charge on any atom is -0.491 e. The Balaban J connectivity index is 2.51.